The highest BCUT2D eigenvalue weighted by Gasteiger charge is 2.60. The lowest BCUT2D eigenvalue weighted by Crippen LogP contribution is -2.53. The van der Waals surface area contributed by atoms with Crippen LogP contribution < -0.4 is 9.47 Å². The van der Waals surface area contributed by atoms with Gasteiger partial charge >= 0.3 is 0 Å². The molecule has 0 atom stereocenters. The first kappa shape index (κ1) is 19.6. The van der Waals surface area contributed by atoms with Crippen LogP contribution in [0.25, 0.3) is 0 Å². The number of hydrogen-bond donors (Lipinski definition) is 0. The molecule has 156 valence electrons. The van der Waals surface area contributed by atoms with Crippen LogP contribution in [0.5, 0.6) is 11.5 Å². The van der Waals surface area contributed by atoms with E-state index < -0.39 is 10.8 Å². The lowest BCUT2D eigenvalue weighted by molar-refractivity contribution is 0.228. The van der Waals surface area contributed by atoms with Gasteiger partial charge in [0.1, 0.15) is 11.5 Å². The van der Waals surface area contributed by atoms with E-state index in [4.69, 9.17) is 9.47 Å². The van der Waals surface area contributed by atoms with E-state index in [1.807, 2.05) is 12.1 Å². The summed E-state index contributed by atoms with van der Waals surface area (Å²) in [7, 11) is 3.43. The van der Waals surface area contributed by atoms with Gasteiger partial charge in [-0.3, -0.25) is 0 Å². The monoisotopic (exact) mass is 411 g/mol. The van der Waals surface area contributed by atoms with Gasteiger partial charge in [-0.1, -0.05) is 62.4 Å². The molecule has 2 bridgehead atoms. The summed E-state index contributed by atoms with van der Waals surface area (Å²) in [6, 6.07) is 21.2. The Kier molecular flexibility index (Phi) is 4.32. The van der Waals surface area contributed by atoms with Gasteiger partial charge in [-0.25, -0.2) is 9.79 Å². The highest BCUT2D eigenvalue weighted by Crippen LogP contribution is 2.68. The van der Waals surface area contributed by atoms with Crippen molar-refractivity contribution in [3.63, 3.8) is 0 Å². The Morgan fingerprint density at radius 2 is 1.45 bits per heavy atom. The van der Waals surface area contributed by atoms with E-state index in [2.05, 4.69) is 67.4 Å². The van der Waals surface area contributed by atoms with Crippen LogP contribution in [0.15, 0.2) is 65.7 Å². The predicted molar refractivity (Wildman–Crippen MR) is 120 cm³/mol. The second kappa shape index (κ2) is 6.83. The molecular weight excluding hydrogens is 386 g/mol. The third-order valence-corrected chi connectivity index (χ3v) is 7.18. The molecule has 4 heteroatoms. The summed E-state index contributed by atoms with van der Waals surface area (Å²) in [5.74, 6) is 1.73. The Labute approximate surface area is 182 Å². The molecule has 0 heterocycles. The second-order valence-corrected chi connectivity index (χ2v) is 8.91. The molecule has 0 radical (unpaired) electrons. The number of ether oxygens (including phenoxy) is 2. The van der Waals surface area contributed by atoms with Crippen molar-refractivity contribution in [2.75, 3.05) is 20.8 Å². The molecule has 3 aliphatic carbocycles. The van der Waals surface area contributed by atoms with E-state index in [0.29, 0.717) is 6.54 Å². The third kappa shape index (κ3) is 2.31. The fraction of sp³-hybridized carbons (Fsp3) is 0.296. The summed E-state index contributed by atoms with van der Waals surface area (Å²) in [4.78, 5) is 15.2. The molecule has 0 unspecified atom stereocenters. The molecule has 3 aromatic rings. The Morgan fingerprint density at radius 1 is 0.903 bits per heavy atom. The normalized spacial score (nSPS) is 20.2. The van der Waals surface area contributed by atoms with Crippen LogP contribution in [0.3, 0.4) is 0 Å². The molecule has 3 aliphatic rings. The zero-order valence-electron chi connectivity index (χ0n) is 18.2. The van der Waals surface area contributed by atoms with Crippen molar-refractivity contribution in [2.45, 2.75) is 25.2 Å². The Hall–Kier alpha value is -3.36. The molecule has 0 saturated carbocycles. The third-order valence-electron chi connectivity index (χ3n) is 7.18. The number of nitrogens with zero attached hydrogens (tertiary/aromatic N) is 1. The van der Waals surface area contributed by atoms with Crippen molar-refractivity contribution in [2.24, 2.45) is 10.4 Å². The first-order chi connectivity index (χ1) is 15.0. The van der Waals surface area contributed by atoms with Crippen molar-refractivity contribution >= 4 is 6.08 Å². The van der Waals surface area contributed by atoms with Gasteiger partial charge in [0.25, 0.3) is 0 Å². The van der Waals surface area contributed by atoms with Gasteiger partial charge < -0.3 is 9.47 Å². The van der Waals surface area contributed by atoms with E-state index in [9.17, 15) is 4.79 Å². The zero-order valence-corrected chi connectivity index (χ0v) is 18.2. The van der Waals surface area contributed by atoms with Crippen LogP contribution in [0.4, 0.5) is 0 Å². The quantitative estimate of drug-likeness (QED) is 0.428. The van der Waals surface area contributed by atoms with Crippen molar-refractivity contribution in [3.8, 4) is 11.5 Å². The summed E-state index contributed by atoms with van der Waals surface area (Å²) in [5.41, 5.74) is 6.26. The molecule has 3 aromatic carbocycles. The molecule has 4 nitrogen and oxygen atoms in total. The van der Waals surface area contributed by atoms with Gasteiger partial charge in [-0.05, 0) is 34.4 Å². The highest BCUT2D eigenvalue weighted by molar-refractivity contribution is 5.77. The summed E-state index contributed by atoms with van der Waals surface area (Å²) in [6.45, 7) is 4.69. The molecule has 0 saturated heterocycles. The van der Waals surface area contributed by atoms with Crippen LogP contribution in [-0.2, 0) is 10.2 Å². The smallest absolute Gasteiger partial charge is 0.234 e. The molecule has 0 spiro atoms. The minimum atomic E-state index is -0.565. The van der Waals surface area contributed by atoms with Crippen LogP contribution in [0.2, 0.25) is 0 Å². The first-order valence-electron chi connectivity index (χ1n) is 10.5. The maximum absolute atomic E-state index is 11.2. The van der Waals surface area contributed by atoms with E-state index in [1.54, 1.807) is 20.3 Å². The number of rotatable bonds is 5. The van der Waals surface area contributed by atoms with E-state index in [1.165, 1.54) is 22.3 Å². The first-order valence-corrected chi connectivity index (χ1v) is 10.5. The maximum Gasteiger partial charge on any atom is 0.234 e. The van der Waals surface area contributed by atoms with Gasteiger partial charge in [-0.2, -0.15) is 0 Å². The number of isocyanates is 1. The molecular formula is C27H25NO3. The highest BCUT2D eigenvalue weighted by atomic mass is 16.5. The zero-order chi connectivity index (χ0) is 21.8. The van der Waals surface area contributed by atoms with Crippen LogP contribution >= 0.6 is 0 Å². The van der Waals surface area contributed by atoms with Gasteiger partial charge in [0.05, 0.1) is 26.2 Å². The standard InChI is InChI=1S/C27H25NO3/c1-26(2,15-28-16-29)27-19-11-7-5-9-17(19)23(18-10-6-8-12-20(18)27)24-21(30-3)13-14-22(31-4)25(24)27/h5-14,23H,15H2,1-4H3. The average Bonchev–Trinajstić information content (AvgIpc) is 2.81. The SMILES string of the molecule is COc1ccc(OC)c2c1C1c3ccccc3C2(C(C)(C)CN=C=O)c2ccccc21. The maximum atomic E-state index is 11.2. The molecule has 0 fully saturated rings. The Morgan fingerprint density at radius 3 is 2.00 bits per heavy atom. The van der Waals surface area contributed by atoms with Crippen molar-refractivity contribution in [1.82, 2.24) is 0 Å². The number of benzene rings is 3. The predicted octanol–water partition coefficient (Wildman–Crippen LogP) is 5.21. The minimum Gasteiger partial charge on any atom is -0.496 e. The second-order valence-electron chi connectivity index (χ2n) is 8.91. The number of carbonyl (C=O) groups excluding carboxylic acids is 1. The molecule has 0 aliphatic heterocycles. The summed E-state index contributed by atoms with van der Waals surface area (Å²) in [5, 5.41) is 0. The van der Waals surface area contributed by atoms with Gasteiger partial charge in [0, 0.05) is 22.5 Å². The lowest BCUT2D eigenvalue weighted by atomic mass is 9.45. The summed E-state index contributed by atoms with van der Waals surface area (Å²) >= 11 is 0. The number of hydrogen-bond acceptors (Lipinski definition) is 4. The van der Waals surface area contributed by atoms with Gasteiger partial charge in [0.15, 0.2) is 0 Å². The fourth-order valence-corrected chi connectivity index (χ4v) is 6.09. The number of methoxy groups -OCH3 is 2. The largest absolute Gasteiger partial charge is 0.496 e. The van der Waals surface area contributed by atoms with E-state index in [0.717, 1.165) is 22.6 Å². The lowest BCUT2D eigenvalue weighted by Gasteiger charge is -2.57. The molecule has 31 heavy (non-hydrogen) atoms. The number of aliphatic imine (C=N–C) groups is 1. The topological polar surface area (TPSA) is 47.9 Å². The molecule has 0 amide bonds. The van der Waals surface area contributed by atoms with Crippen molar-refractivity contribution in [1.29, 1.82) is 0 Å². The molecule has 0 N–H and O–H groups in total. The van der Waals surface area contributed by atoms with Crippen molar-refractivity contribution in [3.05, 3.63) is 94.0 Å². The van der Waals surface area contributed by atoms with Crippen LogP contribution in [0.1, 0.15) is 53.1 Å². The van der Waals surface area contributed by atoms with Gasteiger partial charge in [-0.15, -0.1) is 0 Å². The summed E-state index contributed by atoms with van der Waals surface area (Å²) in [6.07, 6.45) is 1.76. The summed E-state index contributed by atoms with van der Waals surface area (Å²) < 4.78 is 11.8. The minimum absolute atomic E-state index is 0.0553. The fourth-order valence-electron chi connectivity index (χ4n) is 6.09. The van der Waals surface area contributed by atoms with Crippen LogP contribution in [-0.4, -0.2) is 26.8 Å². The Balaban J connectivity index is 2.03. The van der Waals surface area contributed by atoms with E-state index in [-0.39, 0.29) is 5.92 Å². The Bertz CT molecular complexity index is 1190. The van der Waals surface area contributed by atoms with Crippen molar-refractivity contribution < 1.29 is 14.3 Å². The molecule has 6 rings (SSSR count). The molecule has 0 aromatic heterocycles. The van der Waals surface area contributed by atoms with Crippen LogP contribution in [0, 0.1) is 5.41 Å². The van der Waals surface area contributed by atoms with E-state index >= 15 is 0 Å². The van der Waals surface area contributed by atoms with Gasteiger partial charge in [0.2, 0.25) is 6.08 Å². The average molecular weight is 412 g/mol.